The second-order valence-corrected chi connectivity index (χ2v) is 4.73. The molecule has 0 atom stereocenters. The molecule has 0 aliphatic heterocycles. The highest BCUT2D eigenvalue weighted by molar-refractivity contribution is 6.33. The SMILES string of the molecule is CCNC(=O)Nc1ccc(Oc2ncnc(N)c2C=O)cc1Cl. The Morgan fingerprint density at radius 1 is 1.43 bits per heavy atom. The second kappa shape index (κ2) is 7.41. The molecular weight excluding hydrogens is 322 g/mol. The van der Waals surface area contributed by atoms with Crippen LogP contribution in [0, 0.1) is 0 Å². The molecule has 23 heavy (non-hydrogen) atoms. The van der Waals surface area contributed by atoms with Gasteiger partial charge in [-0.3, -0.25) is 4.79 Å². The van der Waals surface area contributed by atoms with Crippen LogP contribution in [0.2, 0.25) is 5.02 Å². The maximum atomic E-state index is 11.5. The topological polar surface area (TPSA) is 119 Å². The number of nitrogens with one attached hydrogen (secondary N) is 2. The second-order valence-electron chi connectivity index (χ2n) is 4.32. The highest BCUT2D eigenvalue weighted by Gasteiger charge is 2.12. The minimum absolute atomic E-state index is 0.0191. The van der Waals surface area contributed by atoms with Gasteiger partial charge in [0.2, 0.25) is 5.88 Å². The van der Waals surface area contributed by atoms with Gasteiger partial charge in [0.05, 0.1) is 10.7 Å². The van der Waals surface area contributed by atoms with E-state index in [0.29, 0.717) is 24.3 Å². The fourth-order valence-corrected chi connectivity index (χ4v) is 1.90. The molecule has 0 bridgehead atoms. The monoisotopic (exact) mass is 335 g/mol. The Morgan fingerprint density at radius 2 is 2.22 bits per heavy atom. The Hall–Kier alpha value is -2.87. The summed E-state index contributed by atoms with van der Waals surface area (Å²) in [5.41, 5.74) is 6.05. The standard InChI is InChI=1S/C14H14ClN5O3/c1-2-17-14(22)20-11-4-3-8(5-10(11)15)23-13-9(6-21)12(16)18-7-19-13/h3-7H,2H2,1H3,(H2,16,18,19)(H2,17,20,22). The smallest absolute Gasteiger partial charge is 0.319 e. The third-order valence-electron chi connectivity index (χ3n) is 2.74. The predicted molar refractivity (Wildman–Crippen MR) is 86.1 cm³/mol. The molecule has 120 valence electrons. The van der Waals surface area contributed by atoms with Crippen LogP contribution in [-0.4, -0.2) is 28.8 Å². The highest BCUT2D eigenvalue weighted by Crippen LogP contribution is 2.30. The van der Waals surface area contributed by atoms with E-state index >= 15 is 0 Å². The van der Waals surface area contributed by atoms with E-state index in [9.17, 15) is 9.59 Å². The number of nitrogen functional groups attached to an aromatic ring is 1. The highest BCUT2D eigenvalue weighted by atomic mass is 35.5. The summed E-state index contributed by atoms with van der Waals surface area (Å²) in [4.78, 5) is 30.1. The third kappa shape index (κ3) is 4.07. The summed E-state index contributed by atoms with van der Waals surface area (Å²) in [6.45, 7) is 2.30. The van der Waals surface area contributed by atoms with Gasteiger partial charge in [-0.15, -0.1) is 0 Å². The van der Waals surface area contributed by atoms with Gasteiger partial charge in [-0.05, 0) is 19.1 Å². The Labute approximate surface area is 137 Å². The van der Waals surface area contributed by atoms with Crippen molar-refractivity contribution in [3.05, 3.63) is 35.1 Å². The van der Waals surface area contributed by atoms with Gasteiger partial charge in [0, 0.05) is 12.6 Å². The summed E-state index contributed by atoms with van der Waals surface area (Å²) in [6.07, 6.45) is 1.70. The van der Waals surface area contributed by atoms with Crippen molar-refractivity contribution < 1.29 is 14.3 Å². The molecule has 2 amide bonds. The van der Waals surface area contributed by atoms with Crippen LogP contribution in [0.4, 0.5) is 16.3 Å². The third-order valence-corrected chi connectivity index (χ3v) is 3.05. The van der Waals surface area contributed by atoms with Crippen LogP contribution in [0.3, 0.4) is 0 Å². The van der Waals surface area contributed by atoms with Crippen LogP contribution in [0.1, 0.15) is 17.3 Å². The molecule has 0 aliphatic carbocycles. The maximum Gasteiger partial charge on any atom is 0.319 e. The van der Waals surface area contributed by atoms with E-state index in [2.05, 4.69) is 20.6 Å². The molecule has 0 spiro atoms. The molecule has 1 aromatic heterocycles. The van der Waals surface area contributed by atoms with E-state index in [1.807, 2.05) is 0 Å². The van der Waals surface area contributed by atoms with E-state index in [1.54, 1.807) is 19.1 Å². The van der Waals surface area contributed by atoms with Crippen molar-refractivity contribution in [1.82, 2.24) is 15.3 Å². The number of rotatable bonds is 5. The van der Waals surface area contributed by atoms with Crippen LogP contribution in [0.15, 0.2) is 24.5 Å². The van der Waals surface area contributed by atoms with Crippen LogP contribution < -0.4 is 21.1 Å². The maximum absolute atomic E-state index is 11.5. The van der Waals surface area contributed by atoms with Crippen molar-refractivity contribution in [1.29, 1.82) is 0 Å². The van der Waals surface area contributed by atoms with Gasteiger partial charge in [-0.25, -0.2) is 14.8 Å². The number of benzene rings is 1. The van der Waals surface area contributed by atoms with Crippen molar-refractivity contribution in [2.45, 2.75) is 6.92 Å². The molecule has 0 fully saturated rings. The lowest BCUT2D eigenvalue weighted by molar-refractivity contribution is 0.112. The first-order valence-electron chi connectivity index (χ1n) is 6.63. The van der Waals surface area contributed by atoms with E-state index < -0.39 is 0 Å². The number of amides is 2. The molecule has 0 radical (unpaired) electrons. The Bertz CT molecular complexity index is 738. The van der Waals surface area contributed by atoms with Crippen molar-refractivity contribution in [2.75, 3.05) is 17.6 Å². The number of aromatic nitrogens is 2. The lowest BCUT2D eigenvalue weighted by Gasteiger charge is -2.11. The Balaban J connectivity index is 2.20. The molecule has 9 heteroatoms. The number of aldehydes is 1. The predicted octanol–water partition coefficient (Wildman–Crippen LogP) is 2.46. The number of hydrogen-bond acceptors (Lipinski definition) is 6. The quantitative estimate of drug-likeness (QED) is 0.722. The largest absolute Gasteiger partial charge is 0.438 e. The number of anilines is 2. The van der Waals surface area contributed by atoms with E-state index in [0.717, 1.165) is 0 Å². The van der Waals surface area contributed by atoms with Crippen molar-refractivity contribution in [2.24, 2.45) is 0 Å². The summed E-state index contributed by atoms with van der Waals surface area (Å²) < 4.78 is 5.49. The average molecular weight is 336 g/mol. The number of urea groups is 1. The molecule has 0 saturated carbocycles. The number of hydrogen-bond donors (Lipinski definition) is 3. The number of nitrogens with two attached hydrogens (primary N) is 1. The fraction of sp³-hybridized carbons (Fsp3) is 0.143. The number of nitrogens with zero attached hydrogens (tertiary/aromatic N) is 2. The van der Waals surface area contributed by atoms with Gasteiger partial charge in [-0.1, -0.05) is 11.6 Å². The molecule has 0 saturated heterocycles. The fourth-order valence-electron chi connectivity index (χ4n) is 1.68. The molecule has 2 rings (SSSR count). The first-order valence-corrected chi connectivity index (χ1v) is 7.00. The summed E-state index contributed by atoms with van der Waals surface area (Å²) in [5, 5.41) is 5.45. The Morgan fingerprint density at radius 3 is 2.87 bits per heavy atom. The first-order chi connectivity index (χ1) is 11.0. The minimum atomic E-state index is -0.366. The minimum Gasteiger partial charge on any atom is -0.438 e. The molecule has 1 heterocycles. The molecule has 4 N–H and O–H groups in total. The van der Waals surface area contributed by atoms with Gasteiger partial charge in [0.15, 0.2) is 6.29 Å². The zero-order chi connectivity index (χ0) is 16.8. The lowest BCUT2D eigenvalue weighted by atomic mass is 10.3. The molecule has 0 unspecified atom stereocenters. The van der Waals surface area contributed by atoms with E-state index in [4.69, 9.17) is 22.1 Å². The van der Waals surface area contributed by atoms with Gasteiger partial charge in [-0.2, -0.15) is 0 Å². The Kier molecular flexibility index (Phi) is 5.32. The van der Waals surface area contributed by atoms with Crippen LogP contribution in [-0.2, 0) is 0 Å². The van der Waals surface area contributed by atoms with E-state index in [1.165, 1.54) is 12.4 Å². The number of ether oxygens (including phenoxy) is 1. The molecule has 1 aromatic carbocycles. The molecule has 8 nitrogen and oxygen atoms in total. The van der Waals surface area contributed by atoms with E-state index in [-0.39, 0.29) is 28.3 Å². The number of carbonyl (C=O) groups excluding carboxylic acids is 2. The number of carbonyl (C=O) groups is 2. The summed E-state index contributed by atoms with van der Waals surface area (Å²) >= 11 is 6.10. The average Bonchev–Trinajstić information content (AvgIpc) is 2.50. The van der Waals surface area contributed by atoms with Gasteiger partial charge in [0.25, 0.3) is 0 Å². The summed E-state index contributed by atoms with van der Waals surface area (Å²) in [7, 11) is 0. The first kappa shape index (κ1) is 16.5. The lowest BCUT2D eigenvalue weighted by Crippen LogP contribution is -2.28. The van der Waals surface area contributed by atoms with Crippen molar-refractivity contribution in [3.63, 3.8) is 0 Å². The normalized spacial score (nSPS) is 10.0. The molecule has 0 aliphatic rings. The number of halogens is 1. The molecular formula is C14H14ClN5O3. The summed E-state index contributed by atoms with van der Waals surface area (Å²) in [6, 6.07) is 4.25. The zero-order valence-corrected chi connectivity index (χ0v) is 12.9. The van der Waals surface area contributed by atoms with Gasteiger partial charge in [0.1, 0.15) is 23.5 Å². The van der Waals surface area contributed by atoms with Crippen LogP contribution in [0.5, 0.6) is 11.6 Å². The van der Waals surface area contributed by atoms with Crippen LogP contribution >= 0.6 is 11.6 Å². The van der Waals surface area contributed by atoms with Crippen molar-refractivity contribution in [3.8, 4) is 11.6 Å². The zero-order valence-electron chi connectivity index (χ0n) is 12.2. The van der Waals surface area contributed by atoms with Crippen LogP contribution in [0.25, 0.3) is 0 Å². The summed E-state index contributed by atoms with van der Waals surface area (Å²) in [5.74, 6) is 0.372. The van der Waals surface area contributed by atoms with Gasteiger partial charge < -0.3 is 21.1 Å². The molecule has 2 aromatic rings. The van der Waals surface area contributed by atoms with Crippen molar-refractivity contribution >= 4 is 35.4 Å². The van der Waals surface area contributed by atoms with Gasteiger partial charge >= 0.3 is 6.03 Å².